The average Bonchev–Trinajstić information content (AvgIpc) is 3.53. The predicted octanol–water partition coefficient (Wildman–Crippen LogP) is 5.05. The van der Waals surface area contributed by atoms with Gasteiger partial charge in [-0.3, -0.25) is 5.10 Å². The number of aryl methyl sites for hydroxylation is 1. The standard InChI is InChI=1S/C24H19ClN6/c25-21-11-19(17-12-27-28-13-17)24-29-22(16-6-8-18-15(10-16)7-9-20(18)26)23(31(24)30-21)14-4-2-1-3-5-14/h1-6,8,10-13,20H,7,9,26H2,(H,27,28). The van der Waals surface area contributed by atoms with Crippen LogP contribution in [0.1, 0.15) is 23.6 Å². The van der Waals surface area contributed by atoms with Crippen LogP contribution in [0.2, 0.25) is 5.15 Å². The van der Waals surface area contributed by atoms with E-state index in [1.807, 2.05) is 35.0 Å². The largest absolute Gasteiger partial charge is 0.324 e. The number of hydrogen-bond donors (Lipinski definition) is 2. The first kappa shape index (κ1) is 18.3. The molecule has 2 aromatic carbocycles. The lowest BCUT2D eigenvalue weighted by Gasteiger charge is -2.08. The fraction of sp³-hybridized carbons (Fsp3) is 0.125. The van der Waals surface area contributed by atoms with Crippen LogP contribution in [-0.4, -0.2) is 24.8 Å². The lowest BCUT2D eigenvalue weighted by atomic mass is 10.0. The summed E-state index contributed by atoms with van der Waals surface area (Å²) in [5.41, 5.74) is 15.1. The monoisotopic (exact) mass is 426 g/mol. The Bertz CT molecular complexity index is 1410. The maximum absolute atomic E-state index is 6.44. The summed E-state index contributed by atoms with van der Waals surface area (Å²) in [5, 5.41) is 12.0. The molecule has 1 aliphatic rings. The molecule has 0 radical (unpaired) electrons. The molecule has 5 aromatic rings. The zero-order valence-corrected chi connectivity index (χ0v) is 17.3. The number of benzene rings is 2. The average molecular weight is 427 g/mol. The Morgan fingerprint density at radius 3 is 2.71 bits per heavy atom. The number of nitrogens with two attached hydrogens (primary N) is 1. The van der Waals surface area contributed by atoms with Crippen molar-refractivity contribution in [3.8, 4) is 33.6 Å². The van der Waals surface area contributed by atoms with Gasteiger partial charge in [-0.2, -0.15) is 10.2 Å². The van der Waals surface area contributed by atoms with Crippen molar-refractivity contribution in [1.82, 2.24) is 24.8 Å². The van der Waals surface area contributed by atoms with Crippen LogP contribution in [-0.2, 0) is 6.42 Å². The van der Waals surface area contributed by atoms with Crippen LogP contribution in [0.4, 0.5) is 0 Å². The number of aromatic nitrogens is 5. The normalized spacial score (nSPS) is 15.5. The molecular weight excluding hydrogens is 408 g/mol. The molecule has 31 heavy (non-hydrogen) atoms. The summed E-state index contributed by atoms with van der Waals surface area (Å²) in [4.78, 5) is 5.07. The summed E-state index contributed by atoms with van der Waals surface area (Å²) in [6, 6.07) is 18.6. The minimum Gasteiger partial charge on any atom is -0.324 e. The van der Waals surface area contributed by atoms with E-state index >= 15 is 0 Å². The van der Waals surface area contributed by atoms with E-state index in [2.05, 4.69) is 45.6 Å². The second kappa shape index (κ2) is 7.04. The lowest BCUT2D eigenvalue weighted by molar-refractivity contribution is 0.713. The summed E-state index contributed by atoms with van der Waals surface area (Å²) in [5.74, 6) is 0. The Hall–Kier alpha value is -3.48. The van der Waals surface area contributed by atoms with E-state index in [9.17, 15) is 0 Å². The summed E-state index contributed by atoms with van der Waals surface area (Å²) in [6.45, 7) is 0. The number of aromatic amines is 1. The van der Waals surface area contributed by atoms with Gasteiger partial charge in [0.15, 0.2) is 10.8 Å². The van der Waals surface area contributed by atoms with E-state index in [1.54, 1.807) is 6.20 Å². The Kier molecular flexibility index (Phi) is 4.16. The summed E-state index contributed by atoms with van der Waals surface area (Å²) in [7, 11) is 0. The lowest BCUT2D eigenvalue weighted by Crippen LogP contribution is -2.04. The quantitative estimate of drug-likeness (QED) is 0.422. The van der Waals surface area contributed by atoms with Crippen molar-refractivity contribution in [1.29, 1.82) is 0 Å². The molecule has 6 nitrogen and oxygen atoms in total. The van der Waals surface area contributed by atoms with Crippen molar-refractivity contribution in [3.05, 3.63) is 83.3 Å². The number of imidazole rings is 1. The fourth-order valence-corrected chi connectivity index (χ4v) is 4.64. The molecule has 152 valence electrons. The molecule has 6 rings (SSSR count). The van der Waals surface area contributed by atoms with Gasteiger partial charge in [0.25, 0.3) is 0 Å². The molecule has 0 fully saturated rings. The maximum atomic E-state index is 6.44. The summed E-state index contributed by atoms with van der Waals surface area (Å²) >= 11 is 6.44. The zero-order valence-electron chi connectivity index (χ0n) is 16.6. The van der Waals surface area contributed by atoms with Crippen LogP contribution < -0.4 is 5.73 Å². The van der Waals surface area contributed by atoms with Gasteiger partial charge in [0.05, 0.1) is 11.9 Å². The first-order valence-corrected chi connectivity index (χ1v) is 10.6. The highest BCUT2D eigenvalue weighted by atomic mass is 35.5. The van der Waals surface area contributed by atoms with Crippen molar-refractivity contribution in [2.45, 2.75) is 18.9 Å². The Morgan fingerprint density at radius 2 is 1.90 bits per heavy atom. The van der Waals surface area contributed by atoms with Crippen molar-refractivity contribution >= 4 is 17.2 Å². The maximum Gasteiger partial charge on any atom is 0.162 e. The van der Waals surface area contributed by atoms with Crippen molar-refractivity contribution < 1.29 is 0 Å². The van der Waals surface area contributed by atoms with Crippen LogP contribution in [0, 0.1) is 0 Å². The van der Waals surface area contributed by atoms with E-state index < -0.39 is 0 Å². The van der Waals surface area contributed by atoms with Crippen LogP contribution in [0.15, 0.2) is 67.0 Å². The number of nitrogens with zero attached hydrogens (tertiary/aromatic N) is 4. The third-order valence-electron chi connectivity index (χ3n) is 5.95. The van der Waals surface area contributed by atoms with Crippen molar-refractivity contribution in [2.75, 3.05) is 0 Å². The van der Waals surface area contributed by atoms with Gasteiger partial charge in [0.2, 0.25) is 0 Å². The molecule has 0 spiro atoms. The number of hydrogen-bond acceptors (Lipinski definition) is 4. The number of fused-ring (bicyclic) bond motifs is 2. The van der Waals surface area contributed by atoms with E-state index in [-0.39, 0.29) is 6.04 Å². The first-order chi connectivity index (χ1) is 15.2. The van der Waals surface area contributed by atoms with Gasteiger partial charge in [-0.15, -0.1) is 0 Å². The third kappa shape index (κ3) is 2.95. The van der Waals surface area contributed by atoms with Gasteiger partial charge in [-0.05, 0) is 36.1 Å². The molecule has 0 saturated heterocycles. The predicted molar refractivity (Wildman–Crippen MR) is 122 cm³/mol. The van der Waals surface area contributed by atoms with E-state index in [0.717, 1.165) is 52.1 Å². The second-order valence-corrected chi connectivity index (χ2v) is 8.22. The van der Waals surface area contributed by atoms with Gasteiger partial charge in [-0.25, -0.2) is 9.50 Å². The molecule has 0 saturated carbocycles. The molecule has 0 bridgehead atoms. The highest BCUT2D eigenvalue weighted by Crippen LogP contribution is 2.38. The highest BCUT2D eigenvalue weighted by Gasteiger charge is 2.24. The van der Waals surface area contributed by atoms with Gasteiger partial charge in [0, 0.05) is 34.5 Å². The molecule has 0 aliphatic heterocycles. The van der Waals surface area contributed by atoms with E-state index in [4.69, 9.17) is 22.3 Å². The SMILES string of the molecule is NC1CCc2cc(-c3nc4c(-c5cn[nH]c5)cc(Cl)nn4c3-c3ccccc3)ccc21. The molecule has 1 atom stereocenters. The molecule has 7 heteroatoms. The molecule has 1 unspecified atom stereocenters. The first-order valence-electron chi connectivity index (χ1n) is 10.2. The number of H-pyrrole nitrogens is 1. The van der Waals surface area contributed by atoms with Gasteiger partial charge < -0.3 is 5.73 Å². The van der Waals surface area contributed by atoms with Crippen LogP contribution in [0.5, 0.6) is 0 Å². The van der Waals surface area contributed by atoms with E-state index in [0.29, 0.717) is 5.15 Å². The second-order valence-electron chi connectivity index (χ2n) is 7.84. The van der Waals surface area contributed by atoms with Gasteiger partial charge >= 0.3 is 0 Å². The summed E-state index contributed by atoms with van der Waals surface area (Å²) in [6.07, 6.45) is 5.57. The van der Waals surface area contributed by atoms with Crippen LogP contribution >= 0.6 is 11.6 Å². The Balaban J connectivity index is 1.67. The minimum atomic E-state index is 0.117. The molecule has 0 amide bonds. The third-order valence-corrected chi connectivity index (χ3v) is 6.14. The Labute approximate surface area is 183 Å². The highest BCUT2D eigenvalue weighted by molar-refractivity contribution is 6.29. The summed E-state index contributed by atoms with van der Waals surface area (Å²) < 4.78 is 1.84. The zero-order chi connectivity index (χ0) is 20.9. The fourth-order valence-electron chi connectivity index (χ4n) is 4.46. The van der Waals surface area contributed by atoms with Crippen molar-refractivity contribution in [3.63, 3.8) is 0 Å². The van der Waals surface area contributed by atoms with Gasteiger partial charge in [0.1, 0.15) is 5.69 Å². The Morgan fingerprint density at radius 1 is 1.03 bits per heavy atom. The molecule has 3 aromatic heterocycles. The number of rotatable bonds is 3. The molecule has 1 aliphatic carbocycles. The molecule has 3 N–H and O–H groups in total. The molecule has 3 heterocycles. The smallest absolute Gasteiger partial charge is 0.162 e. The number of nitrogens with one attached hydrogen (secondary N) is 1. The topological polar surface area (TPSA) is 84.9 Å². The minimum absolute atomic E-state index is 0.117. The van der Waals surface area contributed by atoms with Crippen LogP contribution in [0.3, 0.4) is 0 Å². The van der Waals surface area contributed by atoms with Crippen molar-refractivity contribution in [2.24, 2.45) is 5.73 Å². The van der Waals surface area contributed by atoms with Gasteiger partial charge in [-0.1, -0.05) is 54.1 Å². The van der Waals surface area contributed by atoms with E-state index in [1.165, 1.54) is 11.1 Å². The molecular formula is C24H19ClN6. The van der Waals surface area contributed by atoms with Crippen LogP contribution in [0.25, 0.3) is 39.3 Å². The number of halogens is 1.